The van der Waals surface area contributed by atoms with Gasteiger partial charge >= 0.3 is 0 Å². The van der Waals surface area contributed by atoms with Crippen LogP contribution >= 0.6 is 26.6 Å². The van der Waals surface area contributed by atoms with Crippen LogP contribution in [-0.2, 0) is 18.5 Å². The smallest absolute Gasteiger partial charge is 0.264 e. The molecule has 0 fully saturated rings. The second-order valence-electron chi connectivity index (χ2n) is 3.96. The van der Waals surface area contributed by atoms with Crippen molar-refractivity contribution in [1.82, 2.24) is 0 Å². The van der Waals surface area contributed by atoms with Crippen LogP contribution in [0.3, 0.4) is 0 Å². The highest BCUT2D eigenvalue weighted by atomic mass is 79.9. The third-order valence-corrected chi connectivity index (χ3v) is 4.33. The topological polar surface area (TPSA) is 61.8 Å². The van der Waals surface area contributed by atoms with Crippen LogP contribution < -0.4 is 4.74 Å². The maximum absolute atomic E-state index is 13.6. The quantitative estimate of drug-likeness (QED) is 0.467. The summed E-state index contributed by atoms with van der Waals surface area (Å²) in [5.74, 6) is -0.790. The number of methoxy groups -OCH3 is 1. The Labute approximate surface area is 135 Å². The molecule has 0 aliphatic carbocycles. The van der Waals surface area contributed by atoms with Crippen molar-refractivity contribution in [3.63, 3.8) is 0 Å². The number of halogens is 3. The Morgan fingerprint density at radius 1 is 1.24 bits per heavy atom. The molecule has 0 amide bonds. The Hall–Kier alpha value is -0.410. The summed E-state index contributed by atoms with van der Waals surface area (Å²) < 4.78 is 51.6. The Bertz CT molecular complexity index is 567. The summed E-state index contributed by atoms with van der Waals surface area (Å²) in [4.78, 5) is -0.598. The SMILES string of the molecule is COCCCOCCOc1cc(F)c(S(=O)(=O)Cl)cc1Br. The van der Waals surface area contributed by atoms with Crippen molar-refractivity contribution in [1.29, 1.82) is 0 Å². The Morgan fingerprint density at radius 2 is 1.95 bits per heavy atom. The molecule has 0 aliphatic rings. The highest BCUT2D eigenvalue weighted by Gasteiger charge is 2.19. The van der Waals surface area contributed by atoms with E-state index in [1.807, 2.05) is 0 Å². The van der Waals surface area contributed by atoms with E-state index in [1.165, 1.54) is 0 Å². The Kier molecular flexibility index (Phi) is 7.89. The van der Waals surface area contributed by atoms with Gasteiger partial charge in [-0.15, -0.1) is 0 Å². The maximum atomic E-state index is 13.6. The van der Waals surface area contributed by atoms with E-state index in [0.717, 1.165) is 18.6 Å². The molecule has 1 aromatic rings. The van der Waals surface area contributed by atoms with E-state index in [1.54, 1.807) is 7.11 Å². The lowest BCUT2D eigenvalue weighted by Gasteiger charge is -2.10. The van der Waals surface area contributed by atoms with Crippen molar-refractivity contribution in [3.8, 4) is 5.75 Å². The molecule has 1 rings (SSSR count). The molecule has 1 aromatic carbocycles. The van der Waals surface area contributed by atoms with Gasteiger partial charge in [-0.25, -0.2) is 12.8 Å². The van der Waals surface area contributed by atoms with Crippen molar-refractivity contribution in [2.45, 2.75) is 11.3 Å². The Morgan fingerprint density at radius 3 is 2.57 bits per heavy atom. The predicted octanol–water partition coefficient (Wildman–Crippen LogP) is 2.95. The summed E-state index contributed by atoms with van der Waals surface area (Å²) in [5.41, 5.74) is 0. The molecule has 0 saturated carbocycles. The summed E-state index contributed by atoms with van der Waals surface area (Å²) in [6, 6.07) is 2.02. The second kappa shape index (κ2) is 8.89. The minimum absolute atomic E-state index is 0.178. The zero-order chi connectivity index (χ0) is 15.9. The van der Waals surface area contributed by atoms with Gasteiger partial charge in [0, 0.05) is 37.1 Å². The van der Waals surface area contributed by atoms with E-state index in [4.69, 9.17) is 24.9 Å². The average molecular weight is 406 g/mol. The lowest BCUT2D eigenvalue weighted by Crippen LogP contribution is -2.09. The van der Waals surface area contributed by atoms with Gasteiger partial charge in [-0.1, -0.05) is 0 Å². The van der Waals surface area contributed by atoms with Gasteiger partial charge in [0.15, 0.2) is 0 Å². The van der Waals surface area contributed by atoms with Crippen LogP contribution in [0.25, 0.3) is 0 Å². The van der Waals surface area contributed by atoms with Crippen molar-refractivity contribution in [2.75, 3.05) is 33.5 Å². The highest BCUT2D eigenvalue weighted by Crippen LogP contribution is 2.31. The predicted molar refractivity (Wildman–Crippen MR) is 79.9 cm³/mol. The highest BCUT2D eigenvalue weighted by molar-refractivity contribution is 9.10. The molecule has 9 heteroatoms. The molecular weight excluding hydrogens is 391 g/mol. The van der Waals surface area contributed by atoms with Crippen LogP contribution in [0.2, 0.25) is 0 Å². The van der Waals surface area contributed by atoms with Gasteiger partial charge in [0.25, 0.3) is 9.05 Å². The van der Waals surface area contributed by atoms with Crippen LogP contribution in [0.15, 0.2) is 21.5 Å². The molecule has 21 heavy (non-hydrogen) atoms. The van der Waals surface area contributed by atoms with Crippen LogP contribution in [-0.4, -0.2) is 42.0 Å². The zero-order valence-electron chi connectivity index (χ0n) is 11.3. The summed E-state index contributed by atoms with van der Waals surface area (Å²) in [6.07, 6.45) is 0.775. The first-order valence-electron chi connectivity index (χ1n) is 5.99. The third-order valence-electron chi connectivity index (χ3n) is 2.37. The van der Waals surface area contributed by atoms with Gasteiger partial charge in [0.2, 0.25) is 0 Å². The van der Waals surface area contributed by atoms with Crippen molar-refractivity contribution in [3.05, 3.63) is 22.4 Å². The molecular formula is C12H15BrClFO5S. The molecule has 5 nitrogen and oxygen atoms in total. The van der Waals surface area contributed by atoms with Gasteiger partial charge in [0.05, 0.1) is 11.1 Å². The number of hydrogen-bond donors (Lipinski definition) is 0. The Balaban J connectivity index is 2.52. The molecule has 120 valence electrons. The fourth-order valence-electron chi connectivity index (χ4n) is 1.43. The van der Waals surface area contributed by atoms with E-state index >= 15 is 0 Å². The minimum Gasteiger partial charge on any atom is -0.490 e. The fourth-order valence-corrected chi connectivity index (χ4v) is 2.94. The van der Waals surface area contributed by atoms with Gasteiger partial charge in [-0.05, 0) is 28.4 Å². The molecule has 0 heterocycles. The van der Waals surface area contributed by atoms with Crippen LogP contribution in [0.4, 0.5) is 4.39 Å². The minimum atomic E-state index is -4.14. The normalized spacial score (nSPS) is 11.6. The van der Waals surface area contributed by atoms with Gasteiger partial charge in [-0.3, -0.25) is 0 Å². The molecule has 0 saturated heterocycles. The first-order chi connectivity index (χ1) is 9.86. The second-order valence-corrected chi connectivity index (χ2v) is 7.35. The number of ether oxygens (including phenoxy) is 3. The molecule has 0 N–H and O–H groups in total. The van der Waals surface area contributed by atoms with Gasteiger partial charge < -0.3 is 14.2 Å². The first-order valence-corrected chi connectivity index (χ1v) is 9.09. The van der Waals surface area contributed by atoms with Crippen LogP contribution in [0, 0.1) is 5.82 Å². The van der Waals surface area contributed by atoms with E-state index in [0.29, 0.717) is 24.3 Å². The molecule has 0 aromatic heterocycles. The average Bonchev–Trinajstić information content (AvgIpc) is 2.39. The van der Waals surface area contributed by atoms with Crippen LogP contribution in [0.1, 0.15) is 6.42 Å². The van der Waals surface area contributed by atoms with Crippen molar-refractivity contribution >= 4 is 35.7 Å². The molecule has 0 aliphatic heterocycles. The lowest BCUT2D eigenvalue weighted by atomic mass is 10.3. The van der Waals surface area contributed by atoms with Crippen molar-refractivity contribution < 1.29 is 27.0 Å². The standard InChI is InChI=1S/C12H15BrClFO5S/c1-18-3-2-4-19-5-6-20-11-8-10(15)12(7-9(11)13)21(14,16)17/h7-8H,2-6H2,1H3. The van der Waals surface area contributed by atoms with Gasteiger partial charge in [-0.2, -0.15) is 0 Å². The van der Waals surface area contributed by atoms with E-state index < -0.39 is 19.8 Å². The molecule has 0 spiro atoms. The molecule has 0 atom stereocenters. The number of benzene rings is 1. The maximum Gasteiger partial charge on any atom is 0.264 e. The summed E-state index contributed by atoms with van der Waals surface area (Å²) >= 11 is 3.11. The third kappa shape index (κ3) is 6.48. The van der Waals surface area contributed by atoms with E-state index in [2.05, 4.69) is 15.9 Å². The number of hydrogen-bond acceptors (Lipinski definition) is 5. The summed E-state index contributed by atoms with van der Waals surface area (Å²) in [5, 5.41) is 0. The van der Waals surface area contributed by atoms with Crippen molar-refractivity contribution in [2.24, 2.45) is 0 Å². The van der Waals surface area contributed by atoms with Crippen LogP contribution in [0.5, 0.6) is 5.75 Å². The van der Waals surface area contributed by atoms with E-state index in [-0.39, 0.29) is 12.4 Å². The fraction of sp³-hybridized carbons (Fsp3) is 0.500. The first kappa shape index (κ1) is 18.6. The zero-order valence-corrected chi connectivity index (χ0v) is 14.4. The molecule has 0 unspecified atom stereocenters. The summed E-state index contributed by atoms with van der Waals surface area (Å²) in [7, 11) is 2.59. The largest absolute Gasteiger partial charge is 0.490 e. The molecule has 0 bridgehead atoms. The number of rotatable bonds is 9. The van der Waals surface area contributed by atoms with E-state index in [9.17, 15) is 12.8 Å². The lowest BCUT2D eigenvalue weighted by molar-refractivity contribution is 0.0803. The monoisotopic (exact) mass is 404 g/mol. The molecule has 0 radical (unpaired) electrons. The van der Waals surface area contributed by atoms with Gasteiger partial charge in [0.1, 0.15) is 23.1 Å². The summed E-state index contributed by atoms with van der Waals surface area (Å²) in [6.45, 7) is 1.69.